The van der Waals surface area contributed by atoms with Gasteiger partial charge in [0.25, 0.3) is 0 Å². The number of hydrogen-bond donors (Lipinski definition) is 1. The van der Waals surface area contributed by atoms with Crippen molar-refractivity contribution in [2.45, 2.75) is 31.6 Å². The molecule has 0 aromatic carbocycles. The minimum atomic E-state index is 0.577. The molecule has 1 N–H and O–H groups in total. The van der Waals surface area contributed by atoms with E-state index in [0.29, 0.717) is 5.92 Å². The second-order valence-electron chi connectivity index (χ2n) is 4.84. The van der Waals surface area contributed by atoms with Crippen molar-refractivity contribution in [1.82, 2.24) is 9.97 Å². The van der Waals surface area contributed by atoms with Crippen LogP contribution in [0.3, 0.4) is 0 Å². The van der Waals surface area contributed by atoms with Crippen molar-refractivity contribution in [3.63, 3.8) is 0 Å². The summed E-state index contributed by atoms with van der Waals surface area (Å²) in [6, 6.07) is 1.90. The zero-order chi connectivity index (χ0) is 13.2. The Morgan fingerprint density at radius 1 is 1.32 bits per heavy atom. The summed E-state index contributed by atoms with van der Waals surface area (Å²) in [7, 11) is 1.90. The summed E-state index contributed by atoms with van der Waals surface area (Å²) in [5.74, 6) is 2.24. The predicted octanol–water partition coefficient (Wildman–Crippen LogP) is 4.04. The third-order valence-electron chi connectivity index (χ3n) is 3.63. The number of nitrogens with zero attached hydrogens (tertiary/aromatic N) is 2. The van der Waals surface area contributed by atoms with E-state index in [2.05, 4.69) is 32.9 Å². The normalized spacial score (nSPS) is 15.9. The Balaban J connectivity index is 2.09. The monoisotopic (exact) mass is 369 g/mol. The number of halogens is 1. The molecule has 0 bridgehead atoms. The Morgan fingerprint density at radius 2 is 2.11 bits per heavy atom. The maximum absolute atomic E-state index is 5.14. The van der Waals surface area contributed by atoms with Gasteiger partial charge in [-0.3, -0.25) is 0 Å². The van der Waals surface area contributed by atoms with Gasteiger partial charge in [0.15, 0.2) is 5.82 Å². The number of rotatable bonds is 3. The van der Waals surface area contributed by atoms with Gasteiger partial charge >= 0.3 is 0 Å². The van der Waals surface area contributed by atoms with Crippen LogP contribution < -0.4 is 5.32 Å². The maximum Gasteiger partial charge on any atom is 0.165 e. The molecular weight excluding hydrogens is 353 g/mol. The number of aromatic nitrogens is 2. The lowest BCUT2D eigenvalue weighted by Gasteiger charge is -2.15. The van der Waals surface area contributed by atoms with Gasteiger partial charge in [-0.2, -0.15) is 0 Å². The van der Waals surface area contributed by atoms with Crippen molar-refractivity contribution in [3.05, 3.63) is 27.9 Å². The molecule has 0 aliphatic heterocycles. The van der Waals surface area contributed by atoms with Gasteiger partial charge in [-0.25, -0.2) is 9.97 Å². The Kier molecular flexibility index (Phi) is 3.72. The zero-order valence-electron chi connectivity index (χ0n) is 10.8. The summed E-state index contributed by atoms with van der Waals surface area (Å²) in [5, 5.41) is 3.17. The molecule has 4 nitrogen and oxygen atoms in total. The summed E-state index contributed by atoms with van der Waals surface area (Å²) in [6.07, 6.45) is 8.44. The van der Waals surface area contributed by atoms with Gasteiger partial charge in [0, 0.05) is 13.0 Å². The van der Waals surface area contributed by atoms with E-state index in [4.69, 9.17) is 9.40 Å². The fraction of sp³-hybridized carbons (Fsp3) is 0.429. The summed E-state index contributed by atoms with van der Waals surface area (Å²) < 4.78 is 6.29. The van der Waals surface area contributed by atoms with Gasteiger partial charge in [0.05, 0.1) is 21.1 Å². The molecule has 3 rings (SSSR count). The van der Waals surface area contributed by atoms with Crippen LogP contribution in [0.1, 0.15) is 37.3 Å². The second-order valence-corrected chi connectivity index (χ2v) is 5.92. The van der Waals surface area contributed by atoms with Gasteiger partial charge in [-0.15, -0.1) is 0 Å². The van der Waals surface area contributed by atoms with Crippen LogP contribution in [-0.2, 0) is 0 Å². The highest BCUT2D eigenvalue weighted by Crippen LogP contribution is 2.37. The molecule has 1 fully saturated rings. The Morgan fingerprint density at radius 3 is 2.74 bits per heavy atom. The first-order valence-electron chi connectivity index (χ1n) is 6.57. The molecule has 0 unspecified atom stereocenters. The Labute approximate surface area is 126 Å². The van der Waals surface area contributed by atoms with E-state index < -0.39 is 0 Å². The molecule has 1 aliphatic rings. The van der Waals surface area contributed by atoms with Crippen LogP contribution in [-0.4, -0.2) is 17.0 Å². The molecule has 2 heterocycles. The molecule has 0 atom stereocenters. The summed E-state index contributed by atoms with van der Waals surface area (Å²) in [5.41, 5.74) is 2.13. The van der Waals surface area contributed by atoms with E-state index >= 15 is 0 Å². The molecule has 2 aromatic rings. The van der Waals surface area contributed by atoms with Crippen LogP contribution in [0.15, 0.2) is 23.0 Å². The minimum absolute atomic E-state index is 0.577. The van der Waals surface area contributed by atoms with E-state index in [1.807, 2.05) is 13.1 Å². The van der Waals surface area contributed by atoms with E-state index in [0.717, 1.165) is 20.8 Å². The third kappa shape index (κ3) is 2.48. The van der Waals surface area contributed by atoms with Crippen molar-refractivity contribution < 1.29 is 4.42 Å². The lowest BCUT2D eigenvalue weighted by atomic mass is 10.0. The first-order valence-corrected chi connectivity index (χ1v) is 7.65. The highest BCUT2D eigenvalue weighted by molar-refractivity contribution is 14.1. The molecule has 100 valence electrons. The lowest BCUT2D eigenvalue weighted by Crippen LogP contribution is -2.07. The van der Waals surface area contributed by atoms with Crippen LogP contribution in [0.25, 0.3) is 11.4 Å². The third-order valence-corrected chi connectivity index (χ3v) is 4.70. The minimum Gasteiger partial charge on any atom is -0.472 e. The fourth-order valence-corrected chi connectivity index (χ4v) is 3.57. The van der Waals surface area contributed by atoms with Crippen molar-refractivity contribution >= 4 is 28.4 Å². The molecule has 0 radical (unpaired) electrons. The highest BCUT2D eigenvalue weighted by Gasteiger charge is 2.24. The van der Waals surface area contributed by atoms with Crippen LogP contribution in [0, 0.1) is 3.57 Å². The van der Waals surface area contributed by atoms with Crippen molar-refractivity contribution in [2.75, 3.05) is 12.4 Å². The van der Waals surface area contributed by atoms with Crippen molar-refractivity contribution in [1.29, 1.82) is 0 Å². The Bertz CT molecular complexity index is 562. The van der Waals surface area contributed by atoms with Gasteiger partial charge in [-0.05, 0) is 41.5 Å². The van der Waals surface area contributed by atoms with Crippen LogP contribution in [0.2, 0.25) is 0 Å². The van der Waals surface area contributed by atoms with E-state index in [9.17, 15) is 0 Å². The van der Waals surface area contributed by atoms with Gasteiger partial charge in [0.1, 0.15) is 12.1 Å². The van der Waals surface area contributed by atoms with Crippen molar-refractivity contribution in [3.8, 4) is 11.4 Å². The fourth-order valence-electron chi connectivity index (χ4n) is 2.62. The Hall–Kier alpha value is -1.11. The first-order chi connectivity index (χ1) is 9.29. The molecular formula is C14H16IN3O. The molecule has 1 aliphatic carbocycles. The maximum atomic E-state index is 5.14. The topological polar surface area (TPSA) is 51.0 Å². The second kappa shape index (κ2) is 5.48. The predicted molar refractivity (Wildman–Crippen MR) is 83.2 cm³/mol. The molecule has 2 aromatic heterocycles. The average molecular weight is 369 g/mol. The first kappa shape index (κ1) is 12.9. The zero-order valence-corrected chi connectivity index (χ0v) is 13.0. The smallest absolute Gasteiger partial charge is 0.165 e. The van der Waals surface area contributed by atoms with Crippen LogP contribution in [0.4, 0.5) is 5.82 Å². The van der Waals surface area contributed by atoms with Crippen LogP contribution in [0.5, 0.6) is 0 Å². The summed E-state index contributed by atoms with van der Waals surface area (Å²) >= 11 is 2.35. The highest BCUT2D eigenvalue weighted by atomic mass is 127. The molecule has 19 heavy (non-hydrogen) atoms. The van der Waals surface area contributed by atoms with E-state index in [1.165, 1.54) is 31.4 Å². The largest absolute Gasteiger partial charge is 0.472 e. The lowest BCUT2D eigenvalue weighted by molar-refractivity contribution is 0.568. The number of furan rings is 1. The van der Waals surface area contributed by atoms with Gasteiger partial charge in [0.2, 0.25) is 0 Å². The van der Waals surface area contributed by atoms with E-state index in [1.54, 1.807) is 12.5 Å². The standard InChI is InChI=1S/C14H16IN3O/c1-16-14-11(15)12(9-4-2-3-5-9)17-13(18-14)10-6-7-19-8-10/h6-9H,2-5H2,1H3,(H,16,17,18). The summed E-state index contributed by atoms with van der Waals surface area (Å²) in [6.45, 7) is 0. The molecule has 0 spiro atoms. The molecule has 5 heteroatoms. The SMILES string of the molecule is CNc1nc(-c2ccoc2)nc(C2CCCC2)c1I. The number of hydrogen-bond acceptors (Lipinski definition) is 4. The number of nitrogens with one attached hydrogen (secondary N) is 1. The van der Waals surface area contributed by atoms with Gasteiger partial charge in [-0.1, -0.05) is 12.8 Å². The molecule has 0 amide bonds. The van der Waals surface area contributed by atoms with Crippen molar-refractivity contribution in [2.24, 2.45) is 0 Å². The van der Waals surface area contributed by atoms with Gasteiger partial charge < -0.3 is 9.73 Å². The van der Waals surface area contributed by atoms with Crippen LogP contribution >= 0.6 is 22.6 Å². The molecule has 1 saturated carbocycles. The molecule has 0 saturated heterocycles. The summed E-state index contributed by atoms with van der Waals surface area (Å²) in [4.78, 5) is 9.36. The number of anilines is 1. The quantitative estimate of drug-likeness (QED) is 0.830. The van der Waals surface area contributed by atoms with E-state index in [-0.39, 0.29) is 0 Å². The average Bonchev–Trinajstić information content (AvgIpc) is 3.12.